The average Bonchev–Trinajstić information content (AvgIpc) is 3.37. The van der Waals surface area contributed by atoms with Gasteiger partial charge in [0.25, 0.3) is 5.91 Å². The summed E-state index contributed by atoms with van der Waals surface area (Å²) in [6, 6.07) is 20.0. The molecule has 2 fully saturated rings. The number of amides is 3. The van der Waals surface area contributed by atoms with Crippen molar-refractivity contribution in [2.24, 2.45) is 17.8 Å². The van der Waals surface area contributed by atoms with Gasteiger partial charge < -0.3 is 24.5 Å². The summed E-state index contributed by atoms with van der Waals surface area (Å²) >= 11 is 1.55. The van der Waals surface area contributed by atoms with Crippen molar-refractivity contribution in [2.75, 3.05) is 36.1 Å². The number of likely N-dealkylation sites (tertiary alicyclic amines) is 1. The Morgan fingerprint density at radius 3 is 2.30 bits per heavy atom. The highest BCUT2D eigenvalue weighted by molar-refractivity contribution is 8.02. The predicted octanol–water partition coefficient (Wildman–Crippen LogP) is 5.06. The van der Waals surface area contributed by atoms with Crippen molar-refractivity contribution < 1.29 is 24.2 Å². The molecule has 6 atom stereocenters. The van der Waals surface area contributed by atoms with Gasteiger partial charge in [-0.05, 0) is 60.0 Å². The summed E-state index contributed by atoms with van der Waals surface area (Å²) in [6.07, 6.45) is 8.04. The first-order chi connectivity index (χ1) is 22.3. The Balaban J connectivity index is 1.31. The van der Waals surface area contributed by atoms with Gasteiger partial charge in [0.1, 0.15) is 11.8 Å². The second kappa shape index (κ2) is 11.9. The third-order valence-electron chi connectivity index (χ3n) is 9.91. The molecule has 0 radical (unpaired) electrons. The lowest BCUT2D eigenvalue weighted by atomic mass is 9.78. The number of carbonyl (C=O) groups excluding carboxylic acids is 3. The van der Waals surface area contributed by atoms with E-state index in [-0.39, 0.29) is 35.5 Å². The van der Waals surface area contributed by atoms with Gasteiger partial charge in [0.05, 0.1) is 35.8 Å². The number of ether oxygens (including phenoxy) is 1. The topological polar surface area (TPSA) is 90.4 Å². The minimum absolute atomic E-state index is 0.107. The van der Waals surface area contributed by atoms with Crippen molar-refractivity contribution in [2.45, 2.75) is 42.9 Å². The van der Waals surface area contributed by atoms with E-state index < -0.39 is 28.7 Å². The van der Waals surface area contributed by atoms with Gasteiger partial charge in [0.15, 0.2) is 0 Å². The zero-order valence-electron chi connectivity index (χ0n) is 26.3. The molecule has 0 aliphatic carbocycles. The van der Waals surface area contributed by atoms with Gasteiger partial charge in [-0.2, -0.15) is 0 Å². The smallest absolute Gasteiger partial charge is 0.251 e. The van der Waals surface area contributed by atoms with E-state index in [1.165, 1.54) is 0 Å². The van der Waals surface area contributed by atoms with Crippen LogP contribution in [0.1, 0.15) is 20.8 Å². The van der Waals surface area contributed by atoms with Crippen LogP contribution in [0.4, 0.5) is 11.4 Å². The minimum atomic E-state index is -0.973. The van der Waals surface area contributed by atoms with Crippen LogP contribution in [0.15, 0.2) is 91.0 Å². The fourth-order valence-corrected chi connectivity index (χ4v) is 9.74. The fourth-order valence-electron chi connectivity index (χ4n) is 7.75. The van der Waals surface area contributed by atoms with Crippen LogP contribution in [0.2, 0.25) is 0 Å². The first-order valence-electron chi connectivity index (χ1n) is 16.1. The van der Waals surface area contributed by atoms with Crippen molar-refractivity contribution in [1.82, 2.24) is 4.90 Å². The summed E-state index contributed by atoms with van der Waals surface area (Å²) in [7, 11) is 0. The quantitative estimate of drug-likeness (QED) is 0.365. The van der Waals surface area contributed by atoms with Crippen LogP contribution >= 0.6 is 11.8 Å². The molecule has 4 aliphatic heterocycles. The first kappa shape index (κ1) is 30.6. The molecular weight excluding hydrogens is 598 g/mol. The molecular formula is C37H39N3O5S. The third kappa shape index (κ3) is 4.74. The molecule has 2 saturated heterocycles. The van der Waals surface area contributed by atoms with Crippen LogP contribution in [-0.2, 0) is 14.4 Å². The molecule has 0 aromatic heterocycles. The van der Waals surface area contributed by atoms with E-state index in [4.69, 9.17) is 4.74 Å². The lowest BCUT2D eigenvalue weighted by molar-refractivity contribution is -0.142. The van der Waals surface area contributed by atoms with Crippen LogP contribution < -0.4 is 14.5 Å². The third-order valence-corrected chi connectivity index (χ3v) is 11.7. The SMILES string of the molecule is CCOc1ccc(N2CC=C[C@H]3S[C@]45C=CCN(c6ccc7ccccc7c6)C(=O)C4N([C@@H](CO)C(C)C)C(=O)[C@@H]5[C@H]3C2=O)cc1. The van der Waals surface area contributed by atoms with Gasteiger partial charge in [-0.1, -0.05) is 68.5 Å². The van der Waals surface area contributed by atoms with E-state index in [9.17, 15) is 19.5 Å². The number of fused-ring (bicyclic) bond motifs is 3. The van der Waals surface area contributed by atoms with Crippen molar-refractivity contribution in [3.63, 3.8) is 0 Å². The molecule has 4 aliphatic rings. The Morgan fingerprint density at radius 2 is 1.59 bits per heavy atom. The molecule has 1 unspecified atom stereocenters. The number of aliphatic hydroxyl groups is 1. The first-order valence-corrected chi connectivity index (χ1v) is 17.0. The molecule has 46 heavy (non-hydrogen) atoms. The summed E-state index contributed by atoms with van der Waals surface area (Å²) in [6.45, 7) is 6.83. The van der Waals surface area contributed by atoms with E-state index in [0.717, 1.165) is 27.9 Å². The number of hydrogen-bond acceptors (Lipinski definition) is 6. The van der Waals surface area contributed by atoms with Gasteiger partial charge in [-0.25, -0.2) is 0 Å². The number of hydrogen-bond donors (Lipinski definition) is 1. The number of rotatable bonds is 7. The predicted molar refractivity (Wildman–Crippen MR) is 182 cm³/mol. The van der Waals surface area contributed by atoms with Gasteiger partial charge in [0.2, 0.25) is 11.8 Å². The van der Waals surface area contributed by atoms with Gasteiger partial charge in [-0.3, -0.25) is 14.4 Å². The van der Waals surface area contributed by atoms with E-state index in [1.807, 2.05) is 112 Å². The molecule has 4 heterocycles. The van der Waals surface area contributed by atoms with Gasteiger partial charge >= 0.3 is 0 Å². The minimum Gasteiger partial charge on any atom is -0.494 e. The van der Waals surface area contributed by atoms with Crippen LogP contribution in [0.25, 0.3) is 10.8 Å². The van der Waals surface area contributed by atoms with E-state index >= 15 is 0 Å². The maximum atomic E-state index is 14.9. The Morgan fingerprint density at radius 1 is 0.891 bits per heavy atom. The summed E-state index contributed by atoms with van der Waals surface area (Å²) < 4.78 is 4.64. The van der Waals surface area contributed by atoms with Crippen molar-refractivity contribution in [1.29, 1.82) is 0 Å². The zero-order valence-corrected chi connectivity index (χ0v) is 27.1. The Labute approximate surface area is 273 Å². The highest BCUT2D eigenvalue weighted by atomic mass is 32.2. The van der Waals surface area contributed by atoms with E-state index in [0.29, 0.717) is 19.7 Å². The highest BCUT2D eigenvalue weighted by Gasteiger charge is 2.72. The van der Waals surface area contributed by atoms with E-state index in [1.54, 1.807) is 26.5 Å². The number of benzene rings is 3. The zero-order chi connectivity index (χ0) is 32.2. The molecule has 8 nitrogen and oxygen atoms in total. The molecule has 7 rings (SSSR count). The molecule has 1 N–H and O–H groups in total. The second-order valence-corrected chi connectivity index (χ2v) is 14.3. The normalized spacial score (nSPS) is 27.9. The standard InChI is InChI=1S/C37H39N3O5S/c1-4-45-28-16-14-26(15-17-28)38-19-7-11-30-31(34(38)42)32-35(43)40(29(22-41)23(2)3)33-36(44)39(20-8-18-37(32,33)46-30)27-13-12-24-9-5-6-10-25(24)21-27/h5-18,21,23,29-33,41H,4,19-20,22H2,1-3H3/t29-,30+,31-,32-,33?,37-/m0/s1. The molecule has 3 aromatic carbocycles. The molecule has 0 bridgehead atoms. The maximum absolute atomic E-state index is 14.9. The molecule has 1 spiro atoms. The Bertz CT molecular complexity index is 1740. The maximum Gasteiger partial charge on any atom is 0.251 e. The van der Waals surface area contributed by atoms with Crippen molar-refractivity contribution in [3.05, 3.63) is 91.0 Å². The molecule has 238 valence electrons. The number of carbonyl (C=O) groups is 3. The largest absolute Gasteiger partial charge is 0.494 e. The Kier molecular flexibility index (Phi) is 7.93. The van der Waals surface area contributed by atoms with Crippen LogP contribution in [0, 0.1) is 17.8 Å². The highest BCUT2D eigenvalue weighted by Crippen LogP contribution is 2.61. The van der Waals surface area contributed by atoms with Gasteiger partial charge in [0, 0.05) is 29.7 Å². The Hall–Kier alpha value is -4.08. The average molecular weight is 638 g/mol. The number of thioether (sulfide) groups is 1. The lowest BCUT2D eigenvalue weighted by Gasteiger charge is -2.39. The molecule has 3 amide bonds. The van der Waals surface area contributed by atoms with E-state index in [2.05, 4.69) is 0 Å². The molecule has 9 heteroatoms. The van der Waals surface area contributed by atoms with Crippen molar-refractivity contribution in [3.8, 4) is 5.75 Å². The summed E-state index contributed by atoms with van der Waals surface area (Å²) in [5, 5.41) is 12.4. The monoisotopic (exact) mass is 637 g/mol. The summed E-state index contributed by atoms with van der Waals surface area (Å²) in [5.74, 6) is -1.40. The van der Waals surface area contributed by atoms with Crippen LogP contribution in [0.3, 0.4) is 0 Å². The summed E-state index contributed by atoms with van der Waals surface area (Å²) in [4.78, 5) is 49.4. The van der Waals surface area contributed by atoms with Crippen molar-refractivity contribution >= 4 is 51.6 Å². The number of aliphatic hydroxyl groups excluding tert-OH is 1. The van der Waals surface area contributed by atoms with Crippen LogP contribution in [-0.4, -0.2) is 76.1 Å². The van der Waals surface area contributed by atoms with Crippen LogP contribution in [0.5, 0.6) is 5.75 Å². The number of anilines is 2. The fraction of sp³-hybridized carbons (Fsp3) is 0.378. The summed E-state index contributed by atoms with van der Waals surface area (Å²) in [5.41, 5.74) is 1.48. The molecule has 0 saturated carbocycles. The molecule has 3 aromatic rings. The number of nitrogens with zero attached hydrogens (tertiary/aromatic N) is 3. The second-order valence-electron chi connectivity index (χ2n) is 12.8. The lowest BCUT2D eigenvalue weighted by Crippen LogP contribution is -2.57. The van der Waals surface area contributed by atoms with Gasteiger partial charge in [-0.15, -0.1) is 11.8 Å².